The van der Waals surface area contributed by atoms with Gasteiger partial charge >= 0.3 is 0 Å². The summed E-state index contributed by atoms with van der Waals surface area (Å²) in [5.41, 5.74) is 2.55. The van der Waals surface area contributed by atoms with Crippen LogP contribution < -0.4 is 10.5 Å². The first kappa shape index (κ1) is 18.2. The number of aryl methyl sites for hydroxylation is 1. The summed E-state index contributed by atoms with van der Waals surface area (Å²) in [5.74, 6) is -0.0305. The lowest BCUT2D eigenvalue weighted by molar-refractivity contribution is -0.122. The van der Waals surface area contributed by atoms with Crippen LogP contribution in [0.2, 0.25) is 0 Å². The van der Waals surface area contributed by atoms with E-state index >= 15 is 0 Å². The minimum Gasteiger partial charge on any atom is -0.504 e. The van der Waals surface area contributed by atoms with Crippen LogP contribution in [0, 0.1) is 6.92 Å². The number of rotatable bonds is 3. The van der Waals surface area contributed by atoms with Crippen LogP contribution in [0.5, 0.6) is 5.75 Å². The number of nitrogens with zero attached hydrogens (tertiary/aromatic N) is 4. The number of aromatic hydroxyl groups is 1. The van der Waals surface area contributed by atoms with Gasteiger partial charge in [0.25, 0.3) is 5.56 Å². The Bertz CT molecular complexity index is 1090. The number of pyridine rings is 1. The average Bonchev–Trinajstić information content (AvgIpc) is 2.66. The third kappa shape index (κ3) is 3.36. The van der Waals surface area contributed by atoms with Crippen LogP contribution in [0.15, 0.2) is 53.5 Å². The van der Waals surface area contributed by atoms with Gasteiger partial charge in [0.15, 0.2) is 11.4 Å². The van der Waals surface area contributed by atoms with Gasteiger partial charge in [-0.15, -0.1) is 0 Å². The van der Waals surface area contributed by atoms with Gasteiger partial charge in [0, 0.05) is 37.1 Å². The van der Waals surface area contributed by atoms with Crippen LogP contribution in [-0.2, 0) is 11.3 Å². The van der Waals surface area contributed by atoms with E-state index in [1.807, 2.05) is 36.1 Å². The second-order valence-corrected chi connectivity index (χ2v) is 7.27. The number of piperazine rings is 1. The molecule has 1 aromatic carbocycles. The summed E-state index contributed by atoms with van der Waals surface area (Å²) in [7, 11) is 0. The van der Waals surface area contributed by atoms with Crippen LogP contribution in [0.3, 0.4) is 0 Å². The highest BCUT2D eigenvalue weighted by molar-refractivity contribution is 5.95. The zero-order valence-corrected chi connectivity index (χ0v) is 15.9. The number of carbonyl (C=O) groups excluding carboxylic acids is 1. The molecule has 1 atom stereocenters. The topological polar surface area (TPSA) is 78.2 Å². The van der Waals surface area contributed by atoms with E-state index < -0.39 is 0 Å². The van der Waals surface area contributed by atoms with E-state index in [0.29, 0.717) is 18.8 Å². The van der Waals surface area contributed by atoms with Gasteiger partial charge < -0.3 is 10.0 Å². The van der Waals surface area contributed by atoms with E-state index in [0.717, 1.165) is 11.3 Å². The molecule has 1 saturated heterocycles. The van der Waals surface area contributed by atoms with Crippen molar-refractivity contribution in [1.82, 2.24) is 14.3 Å². The molecule has 4 rings (SSSR count). The van der Waals surface area contributed by atoms with Crippen LogP contribution in [0.4, 0.5) is 5.69 Å². The zero-order chi connectivity index (χ0) is 19.8. The molecule has 1 fully saturated rings. The molecule has 0 aliphatic carbocycles. The van der Waals surface area contributed by atoms with E-state index in [1.54, 1.807) is 17.2 Å². The lowest BCUT2D eigenvalue weighted by atomic mass is 10.1. The molecule has 0 bridgehead atoms. The molecule has 1 amide bonds. The molecular weight excluding hydrogens is 356 g/mol. The smallest absolute Gasteiger partial charge is 0.258 e. The minimum atomic E-state index is -0.256. The highest BCUT2D eigenvalue weighted by Gasteiger charge is 2.30. The summed E-state index contributed by atoms with van der Waals surface area (Å²) in [6, 6.07) is 12.6. The van der Waals surface area contributed by atoms with E-state index in [4.69, 9.17) is 0 Å². The number of hydrogen-bond donors (Lipinski definition) is 1. The van der Waals surface area contributed by atoms with Crippen molar-refractivity contribution >= 4 is 17.2 Å². The molecule has 3 heterocycles. The van der Waals surface area contributed by atoms with Crippen LogP contribution in [0.25, 0.3) is 5.65 Å². The number of anilines is 1. The Labute approximate surface area is 162 Å². The number of carbonyl (C=O) groups is 1. The molecule has 3 aromatic rings. The third-order valence-electron chi connectivity index (χ3n) is 5.14. The summed E-state index contributed by atoms with van der Waals surface area (Å²) >= 11 is 0. The van der Waals surface area contributed by atoms with Crippen molar-refractivity contribution in [3.63, 3.8) is 0 Å². The van der Waals surface area contributed by atoms with Gasteiger partial charge in [0.2, 0.25) is 5.91 Å². The Morgan fingerprint density at radius 3 is 2.68 bits per heavy atom. The molecule has 1 aliphatic rings. The number of benzene rings is 1. The van der Waals surface area contributed by atoms with Crippen molar-refractivity contribution in [3.8, 4) is 5.75 Å². The van der Waals surface area contributed by atoms with Crippen molar-refractivity contribution in [3.05, 3.63) is 70.3 Å². The van der Waals surface area contributed by atoms with Gasteiger partial charge in [-0.1, -0.05) is 17.7 Å². The van der Waals surface area contributed by atoms with Gasteiger partial charge in [-0.05, 0) is 38.1 Å². The monoisotopic (exact) mass is 378 g/mol. The standard InChI is InChI=1S/C21H22N4O3/c1-14-5-7-17(8-6-14)25-11-15(2)23(13-20(25)28)12-16-10-19(27)24-9-3-4-18(26)21(24)22-16/h3-10,15,26H,11-13H2,1-2H3. The van der Waals surface area contributed by atoms with Gasteiger partial charge in [0.1, 0.15) is 0 Å². The fraction of sp³-hybridized carbons (Fsp3) is 0.286. The predicted octanol–water partition coefficient (Wildman–Crippen LogP) is 1.95. The van der Waals surface area contributed by atoms with Crippen LogP contribution in [-0.4, -0.2) is 44.4 Å². The second kappa shape index (κ2) is 7.09. The Kier molecular flexibility index (Phi) is 4.60. The zero-order valence-electron chi connectivity index (χ0n) is 15.9. The Balaban J connectivity index is 1.56. The van der Waals surface area contributed by atoms with E-state index in [9.17, 15) is 14.7 Å². The fourth-order valence-corrected chi connectivity index (χ4v) is 3.53. The van der Waals surface area contributed by atoms with Gasteiger partial charge in [0.05, 0.1) is 12.2 Å². The number of amides is 1. The molecule has 1 unspecified atom stereocenters. The maximum Gasteiger partial charge on any atom is 0.258 e. The summed E-state index contributed by atoms with van der Waals surface area (Å²) in [5, 5.41) is 10.0. The first-order valence-electron chi connectivity index (χ1n) is 9.24. The van der Waals surface area contributed by atoms with Gasteiger partial charge in [-0.3, -0.25) is 18.9 Å². The minimum absolute atomic E-state index is 0.0160. The molecule has 0 saturated carbocycles. The Hall–Kier alpha value is -3.19. The maximum absolute atomic E-state index is 12.7. The van der Waals surface area contributed by atoms with Gasteiger partial charge in [-0.2, -0.15) is 0 Å². The first-order chi connectivity index (χ1) is 13.4. The molecule has 1 aliphatic heterocycles. The summed E-state index contributed by atoms with van der Waals surface area (Å²) in [6.07, 6.45) is 1.57. The molecule has 1 N–H and O–H groups in total. The summed E-state index contributed by atoms with van der Waals surface area (Å²) in [6.45, 7) is 5.26. The molecule has 144 valence electrons. The lowest BCUT2D eigenvalue weighted by Gasteiger charge is -2.39. The van der Waals surface area contributed by atoms with Crippen molar-refractivity contribution < 1.29 is 9.90 Å². The normalized spacial score (nSPS) is 18.0. The third-order valence-corrected chi connectivity index (χ3v) is 5.14. The van der Waals surface area contributed by atoms with E-state index in [2.05, 4.69) is 11.9 Å². The number of aromatic nitrogens is 2. The summed E-state index contributed by atoms with van der Waals surface area (Å²) in [4.78, 5) is 33.3. The van der Waals surface area contributed by atoms with Crippen LogP contribution in [0.1, 0.15) is 18.2 Å². The average molecular weight is 378 g/mol. The Morgan fingerprint density at radius 1 is 1.18 bits per heavy atom. The molecule has 0 spiro atoms. The predicted molar refractivity (Wildman–Crippen MR) is 107 cm³/mol. The quantitative estimate of drug-likeness (QED) is 0.754. The second-order valence-electron chi connectivity index (χ2n) is 7.27. The first-order valence-corrected chi connectivity index (χ1v) is 9.24. The molecule has 7 heteroatoms. The maximum atomic E-state index is 12.7. The number of hydrogen-bond acceptors (Lipinski definition) is 5. The highest BCUT2D eigenvalue weighted by atomic mass is 16.3. The lowest BCUT2D eigenvalue weighted by Crippen LogP contribution is -2.55. The van der Waals surface area contributed by atoms with E-state index in [-0.39, 0.29) is 35.4 Å². The van der Waals surface area contributed by atoms with Gasteiger partial charge in [-0.25, -0.2) is 4.98 Å². The number of fused-ring (bicyclic) bond motifs is 1. The van der Waals surface area contributed by atoms with Crippen molar-refractivity contribution in [2.75, 3.05) is 18.0 Å². The summed E-state index contributed by atoms with van der Waals surface area (Å²) < 4.78 is 1.31. The van der Waals surface area contributed by atoms with E-state index in [1.165, 1.54) is 16.5 Å². The fourth-order valence-electron chi connectivity index (χ4n) is 3.53. The molecule has 0 radical (unpaired) electrons. The Morgan fingerprint density at radius 2 is 1.93 bits per heavy atom. The largest absolute Gasteiger partial charge is 0.504 e. The highest BCUT2D eigenvalue weighted by Crippen LogP contribution is 2.22. The van der Waals surface area contributed by atoms with Crippen molar-refractivity contribution in [2.24, 2.45) is 0 Å². The van der Waals surface area contributed by atoms with Crippen LogP contribution >= 0.6 is 0 Å². The van der Waals surface area contributed by atoms with Crippen molar-refractivity contribution in [1.29, 1.82) is 0 Å². The molecule has 2 aromatic heterocycles. The molecular formula is C21H22N4O3. The molecule has 28 heavy (non-hydrogen) atoms. The SMILES string of the molecule is Cc1ccc(N2CC(C)N(Cc3cc(=O)n4cccc(O)c4n3)CC2=O)cc1. The van der Waals surface area contributed by atoms with Crippen molar-refractivity contribution in [2.45, 2.75) is 26.4 Å². The molecule has 7 nitrogen and oxygen atoms in total.